The highest BCUT2D eigenvalue weighted by atomic mass is 35.5. The van der Waals surface area contributed by atoms with Gasteiger partial charge >= 0.3 is 6.18 Å². The van der Waals surface area contributed by atoms with Crippen molar-refractivity contribution in [2.75, 3.05) is 19.5 Å². The number of hydrogen-bond donors (Lipinski definition) is 2. The van der Waals surface area contributed by atoms with Gasteiger partial charge in [-0.3, -0.25) is 4.79 Å². The topological polar surface area (TPSA) is 112 Å². The zero-order valence-electron chi connectivity index (χ0n) is 23.1. The number of aryl methyl sites for hydroxylation is 1. The third-order valence-electron chi connectivity index (χ3n) is 6.37. The van der Waals surface area contributed by atoms with Crippen LogP contribution in [-0.2, 0) is 34.2 Å². The number of alkyl halides is 3. The Morgan fingerprint density at radius 3 is 2.49 bits per heavy atom. The van der Waals surface area contributed by atoms with E-state index in [9.17, 15) is 26.4 Å². The summed E-state index contributed by atoms with van der Waals surface area (Å²) in [5, 5.41) is 7.19. The van der Waals surface area contributed by atoms with E-state index in [4.69, 9.17) is 21.1 Å². The number of carbonyl (C=O) groups excluding carboxylic acids is 1. The van der Waals surface area contributed by atoms with Crippen LogP contribution in [0, 0.1) is 0 Å². The van der Waals surface area contributed by atoms with Crippen LogP contribution >= 0.6 is 11.6 Å². The fourth-order valence-corrected chi connectivity index (χ4v) is 5.59. The SMILES string of the molecule is COc1ccc(CNS(=O)(=O)c2cc(NC(=O)Cc3ccccc3Cl)ccc2-n2cc(CCC(F)(F)F)cn2)c(OC)c1. The van der Waals surface area contributed by atoms with Crippen LogP contribution in [0.1, 0.15) is 23.1 Å². The number of halogens is 4. The van der Waals surface area contributed by atoms with Crippen LogP contribution in [0.2, 0.25) is 5.02 Å². The van der Waals surface area contributed by atoms with E-state index in [2.05, 4.69) is 15.1 Å². The van der Waals surface area contributed by atoms with E-state index in [1.165, 1.54) is 49.5 Å². The van der Waals surface area contributed by atoms with Crippen molar-refractivity contribution in [2.45, 2.75) is 36.9 Å². The summed E-state index contributed by atoms with van der Waals surface area (Å²) in [6, 6.07) is 15.9. The number of nitrogens with one attached hydrogen (secondary N) is 2. The lowest BCUT2D eigenvalue weighted by Gasteiger charge is -2.15. The van der Waals surface area contributed by atoms with Crippen LogP contribution in [0.3, 0.4) is 0 Å². The number of aromatic nitrogens is 2. The molecule has 1 heterocycles. The quantitative estimate of drug-likeness (QED) is 0.206. The molecule has 0 atom stereocenters. The van der Waals surface area contributed by atoms with Crippen molar-refractivity contribution >= 4 is 33.2 Å². The first kappa shape index (κ1) is 31.9. The molecule has 0 aliphatic heterocycles. The molecule has 1 amide bonds. The second kappa shape index (κ2) is 13.5. The standard InChI is InChI=1S/C29H28ClF3N4O5S/c1-41-23-9-7-21(26(15-23)42-2)17-35-43(39,40)27-14-22(36-28(38)13-20-5-3-4-6-24(20)30)8-10-25(27)37-18-19(16-34-37)11-12-29(31,32)33/h3-10,14-16,18,35H,11-13,17H2,1-2H3,(H,36,38). The minimum absolute atomic E-state index is 0.0548. The van der Waals surface area contributed by atoms with Gasteiger partial charge in [-0.15, -0.1) is 0 Å². The normalized spacial score (nSPS) is 11.8. The number of anilines is 1. The predicted molar refractivity (Wildman–Crippen MR) is 155 cm³/mol. The molecule has 3 aromatic carbocycles. The average Bonchev–Trinajstić information content (AvgIpc) is 3.45. The van der Waals surface area contributed by atoms with Gasteiger partial charge in [0.05, 0.1) is 32.5 Å². The summed E-state index contributed by atoms with van der Waals surface area (Å²) in [7, 11) is -1.35. The molecule has 9 nitrogen and oxygen atoms in total. The summed E-state index contributed by atoms with van der Waals surface area (Å²) in [5.41, 5.74) is 1.62. The summed E-state index contributed by atoms with van der Waals surface area (Å²) >= 11 is 6.16. The number of ether oxygens (including phenoxy) is 2. The zero-order valence-corrected chi connectivity index (χ0v) is 24.7. The van der Waals surface area contributed by atoms with Gasteiger partial charge in [-0.25, -0.2) is 17.8 Å². The number of hydrogen-bond acceptors (Lipinski definition) is 6. The fraction of sp³-hybridized carbons (Fsp3) is 0.241. The van der Waals surface area contributed by atoms with E-state index in [0.29, 0.717) is 27.6 Å². The molecule has 0 unspecified atom stereocenters. The highest BCUT2D eigenvalue weighted by molar-refractivity contribution is 7.89. The first-order chi connectivity index (χ1) is 20.4. The van der Waals surface area contributed by atoms with Crippen LogP contribution in [-0.4, -0.2) is 44.5 Å². The van der Waals surface area contributed by atoms with Crippen molar-refractivity contribution in [3.8, 4) is 17.2 Å². The van der Waals surface area contributed by atoms with Crippen molar-refractivity contribution in [3.05, 3.63) is 94.8 Å². The number of amides is 1. The summed E-state index contributed by atoms with van der Waals surface area (Å²) in [6.45, 7) is -0.159. The smallest absolute Gasteiger partial charge is 0.389 e. The average molecular weight is 637 g/mol. The Balaban J connectivity index is 1.65. The lowest BCUT2D eigenvalue weighted by atomic mass is 10.1. The zero-order chi connectivity index (χ0) is 31.2. The number of methoxy groups -OCH3 is 2. The van der Waals surface area contributed by atoms with E-state index in [1.54, 1.807) is 42.5 Å². The molecule has 0 fully saturated rings. The second-order valence-corrected chi connectivity index (χ2v) is 11.6. The highest BCUT2D eigenvalue weighted by Gasteiger charge is 2.27. The molecule has 0 radical (unpaired) electrons. The Kier molecular flexibility index (Phi) is 9.99. The van der Waals surface area contributed by atoms with Gasteiger partial charge in [0.2, 0.25) is 15.9 Å². The van der Waals surface area contributed by atoms with E-state index in [0.717, 1.165) is 0 Å². The molecular weight excluding hydrogens is 609 g/mol. The largest absolute Gasteiger partial charge is 0.497 e. The summed E-state index contributed by atoms with van der Waals surface area (Å²) < 4.78 is 79.8. The van der Waals surface area contributed by atoms with Crippen molar-refractivity contribution < 1.29 is 35.9 Å². The molecule has 0 spiro atoms. The molecule has 228 valence electrons. The van der Waals surface area contributed by atoms with Crippen molar-refractivity contribution in [1.82, 2.24) is 14.5 Å². The van der Waals surface area contributed by atoms with Gasteiger partial charge in [0.15, 0.2) is 0 Å². The molecule has 0 saturated heterocycles. The first-order valence-electron chi connectivity index (χ1n) is 12.9. The molecule has 14 heteroatoms. The van der Waals surface area contributed by atoms with Gasteiger partial charge < -0.3 is 14.8 Å². The van der Waals surface area contributed by atoms with E-state index < -0.39 is 28.5 Å². The summed E-state index contributed by atoms with van der Waals surface area (Å²) in [6.07, 6.45) is -3.20. The summed E-state index contributed by atoms with van der Waals surface area (Å²) in [5.74, 6) is 0.476. The molecule has 0 aliphatic carbocycles. The van der Waals surface area contributed by atoms with Gasteiger partial charge in [0.1, 0.15) is 16.4 Å². The molecule has 4 aromatic rings. The molecule has 43 heavy (non-hydrogen) atoms. The molecule has 4 rings (SSSR count). The van der Waals surface area contributed by atoms with Gasteiger partial charge in [0.25, 0.3) is 0 Å². The van der Waals surface area contributed by atoms with Crippen molar-refractivity contribution in [2.24, 2.45) is 0 Å². The van der Waals surface area contributed by atoms with Gasteiger partial charge in [-0.2, -0.15) is 18.3 Å². The van der Waals surface area contributed by atoms with Crippen LogP contribution in [0.15, 0.2) is 78.0 Å². The maximum Gasteiger partial charge on any atom is 0.389 e. The molecule has 1 aromatic heterocycles. The van der Waals surface area contributed by atoms with Crippen molar-refractivity contribution in [3.63, 3.8) is 0 Å². The molecular formula is C29H28ClF3N4O5S. The van der Waals surface area contributed by atoms with Crippen LogP contribution in [0.5, 0.6) is 11.5 Å². The summed E-state index contributed by atoms with van der Waals surface area (Å²) in [4.78, 5) is 12.5. The third kappa shape index (κ3) is 8.49. The Morgan fingerprint density at radius 1 is 1.02 bits per heavy atom. The first-order valence-corrected chi connectivity index (χ1v) is 14.7. The Hall–Kier alpha value is -4.07. The van der Waals surface area contributed by atoms with Crippen molar-refractivity contribution in [1.29, 1.82) is 0 Å². The highest BCUT2D eigenvalue weighted by Crippen LogP contribution is 2.28. The van der Waals surface area contributed by atoms with Gasteiger partial charge in [-0.05, 0) is 47.9 Å². The Bertz CT molecular complexity index is 1710. The van der Waals surface area contributed by atoms with E-state index >= 15 is 0 Å². The predicted octanol–water partition coefficient (Wildman–Crippen LogP) is 5.70. The molecule has 0 aliphatic rings. The second-order valence-electron chi connectivity index (χ2n) is 9.41. The van der Waals surface area contributed by atoms with Gasteiger partial charge in [0, 0.05) is 41.5 Å². The fourth-order valence-electron chi connectivity index (χ4n) is 4.17. The number of benzene rings is 3. The van der Waals surface area contributed by atoms with Crippen LogP contribution < -0.4 is 19.5 Å². The number of rotatable bonds is 12. The third-order valence-corrected chi connectivity index (χ3v) is 8.17. The Morgan fingerprint density at radius 2 is 1.79 bits per heavy atom. The molecule has 0 saturated carbocycles. The van der Waals surface area contributed by atoms with E-state index in [-0.39, 0.29) is 41.2 Å². The van der Waals surface area contributed by atoms with Gasteiger partial charge in [-0.1, -0.05) is 35.9 Å². The number of nitrogens with zero attached hydrogens (tertiary/aromatic N) is 2. The maximum atomic E-state index is 13.7. The monoisotopic (exact) mass is 636 g/mol. The van der Waals surface area contributed by atoms with Crippen LogP contribution in [0.25, 0.3) is 5.69 Å². The maximum absolute atomic E-state index is 13.7. The number of sulfonamides is 1. The molecule has 2 N–H and O–H groups in total. The Labute approximate surface area is 251 Å². The molecule has 0 bridgehead atoms. The van der Waals surface area contributed by atoms with Crippen LogP contribution in [0.4, 0.5) is 18.9 Å². The minimum atomic E-state index is -4.35. The number of carbonyl (C=O) groups is 1. The van der Waals surface area contributed by atoms with E-state index in [1.807, 2.05) is 0 Å². The lowest BCUT2D eigenvalue weighted by Crippen LogP contribution is -2.25. The lowest BCUT2D eigenvalue weighted by molar-refractivity contribution is -0.134. The minimum Gasteiger partial charge on any atom is -0.497 e.